The van der Waals surface area contributed by atoms with E-state index in [-0.39, 0.29) is 6.04 Å². The molecule has 2 rings (SSSR count). The van der Waals surface area contributed by atoms with E-state index in [0.717, 1.165) is 22.0 Å². The molecule has 0 aliphatic rings. The van der Waals surface area contributed by atoms with Crippen molar-refractivity contribution in [2.75, 3.05) is 0 Å². The predicted octanol–water partition coefficient (Wildman–Crippen LogP) is 3.70. The molecule has 1 aromatic carbocycles. The first kappa shape index (κ1) is 13.3. The lowest BCUT2D eigenvalue weighted by atomic mass is 10.1. The highest BCUT2D eigenvalue weighted by Gasteiger charge is 2.09. The van der Waals surface area contributed by atoms with Crippen molar-refractivity contribution >= 4 is 22.9 Å². The van der Waals surface area contributed by atoms with Gasteiger partial charge in [0.1, 0.15) is 12.4 Å². The minimum atomic E-state index is -0.115. The Morgan fingerprint density at radius 3 is 2.89 bits per heavy atom. The second kappa shape index (κ2) is 5.69. The molecule has 1 aromatic heterocycles. The molecule has 2 N–H and O–H groups in total. The summed E-state index contributed by atoms with van der Waals surface area (Å²) >= 11 is 7.58. The van der Waals surface area contributed by atoms with E-state index in [0.29, 0.717) is 11.6 Å². The molecule has 0 amide bonds. The normalized spacial score (nSPS) is 12.4. The number of hydrogen-bond acceptors (Lipinski definition) is 4. The Balaban J connectivity index is 2.13. The van der Waals surface area contributed by atoms with Crippen LogP contribution in [0, 0.1) is 6.92 Å². The molecule has 1 heterocycles. The van der Waals surface area contributed by atoms with Gasteiger partial charge in [0, 0.05) is 22.0 Å². The highest BCUT2D eigenvalue weighted by molar-refractivity contribution is 7.09. The number of ether oxygens (including phenoxy) is 1. The minimum Gasteiger partial charge on any atom is -0.487 e. The molecule has 0 aliphatic heterocycles. The van der Waals surface area contributed by atoms with Crippen molar-refractivity contribution in [2.45, 2.75) is 26.5 Å². The van der Waals surface area contributed by atoms with Gasteiger partial charge in [0.15, 0.2) is 0 Å². The van der Waals surface area contributed by atoms with Gasteiger partial charge in [0.2, 0.25) is 0 Å². The number of nitrogens with zero attached hydrogens (tertiary/aromatic N) is 1. The van der Waals surface area contributed by atoms with Crippen LogP contribution in [0.4, 0.5) is 0 Å². The van der Waals surface area contributed by atoms with Gasteiger partial charge in [0.25, 0.3) is 0 Å². The number of rotatable bonds is 4. The molecule has 0 radical (unpaired) electrons. The van der Waals surface area contributed by atoms with E-state index >= 15 is 0 Å². The molecule has 5 heteroatoms. The summed E-state index contributed by atoms with van der Waals surface area (Å²) in [6, 6.07) is 5.37. The summed E-state index contributed by atoms with van der Waals surface area (Å²) in [6.07, 6.45) is 0. The van der Waals surface area contributed by atoms with E-state index in [2.05, 4.69) is 4.98 Å². The van der Waals surface area contributed by atoms with Crippen molar-refractivity contribution in [1.29, 1.82) is 0 Å². The van der Waals surface area contributed by atoms with E-state index in [1.54, 1.807) is 17.4 Å². The van der Waals surface area contributed by atoms with E-state index in [1.807, 2.05) is 31.4 Å². The average molecular weight is 283 g/mol. The molecule has 3 nitrogen and oxygen atoms in total. The van der Waals surface area contributed by atoms with Crippen LogP contribution in [0.15, 0.2) is 23.6 Å². The third kappa shape index (κ3) is 3.22. The largest absolute Gasteiger partial charge is 0.487 e. The Morgan fingerprint density at radius 2 is 2.28 bits per heavy atom. The van der Waals surface area contributed by atoms with E-state index < -0.39 is 0 Å². The summed E-state index contributed by atoms with van der Waals surface area (Å²) < 4.78 is 5.76. The van der Waals surface area contributed by atoms with Crippen LogP contribution in [0.1, 0.15) is 29.2 Å². The van der Waals surface area contributed by atoms with Gasteiger partial charge in [-0.1, -0.05) is 11.6 Å². The molecule has 0 saturated heterocycles. The van der Waals surface area contributed by atoms with Crippen molar-refractivity contribution in [3.8, 4) is 5.75 Å². The van der Waals surface area contributed by atoms with Crippen LogP contribution >= 0.6 is 22.9 Å². The van der Waals surface area contributed by atoms with Gasteiger partial charge in [-0.3, -0.25) is 0 Å². The molecule has 2 aromatic rings. The zero-order valence-corrected chi connectivity index (χ0v) is 11.9. The fourth-order valence-corrected chi connectivity index (χ4v) is 2.41. The number of hydrogen-bond donors (Lipinski definition) is 1. The number of aryl methyl sites for hydroxylation is 1. The Hall–Kier alpha value is -1.10. The highest BCUT2D eigenvalue weighted by Crippen LogP contribution is 2.28. The fraction of sp³-hybridized carbons (Fsp3) is 0.308. The van der Waals surface area contributed by atoms with Crippen molar-refractivity contribution < 1.29 is 4.74 Å². The lowest BCUT2D eigenvalue weighted by molar-refractivity contribution is 0.297. The van der Waals surface area contributed by atoms with Crippen molar-refractivity contribution in [1.82, 2.24) is 4.98 Å². The monoisotopic (exact) mass is 282 g/mol. The summed E-state index contributed by atoms with van der Waals surface area (Å²) in [7, 11) is 0. The van der Waals surface area contributed by atoms with Crippen LogP contribution in [-0.4, -0.2) is 4.98 Å². The summed E-state index contributed by atoms with van der Waals surface area (Å²) in [6.45, 7) is 4.33. The van der Waals surface area contributed by atoms with Gasteiger partial charge in [-0.15, -0.1) is 11.3 Å². The summed E-state index contributed by atoms with van der Waals surface area (Å²) in [5, 5.41) is 3.70. The van der Waals surface area contributed by atoms with Gasteiger partial charge in [-0.25, -0.2) is 4.98 Å². The van der Waals surface area contributed by atoms with Gasteiger partial charge < -0.3 is 10.5 Å². The Bertz CT molecular complexity index is 540. The Kier molecular flexibility index (Phi) is 4.22. The maximum Gasteiger partial charge on any atom is 0.131 e. The Labute approximate surface area is 116 Å². The second-order valence-corrected chi connectivity index (χ2v) is 5.62. The van der Waals surface area contributed by atoms with E-state index in [4.69, 9.17) is 22.1 Å². The van der Waals surface area contributed by atoms with Crippen LogP contribution in [-0.2, 0) is 6.61 Å². The third-order valence-corrected chi connectivity index (χ3v) is 3.56. The maximum absolute atomic E-state index is 5.96. The molecule has 96 valence electrons. The van der Waals surface area contributed by atoms with Gasteiger partial charge in [-0.2, -0.15) is 0 Å². The zero-order valence-electron chi connectivity index (χ0n) is 10.3. The van der Waals surface area contributed by atoms with Crippen molar-refractivity contribution in [3.63, 3.8) is 0 Å². The van der Waals surface area contributed by atoms with Crippen LogP contribution in [0.5, 0.6) is 5.75 Å². The maximum atomic E-state index is 5.96. The molecule has 0 aliphatic carbocycles. The number of thiazole rings is 1. The smallest absolute Gasteiger partial charge is 0.131 e. The lowest BCUT2D eigenvalue weighted by Gasteiger charge is -2.13. The molecule has 18 heavy (non-hydrogen) atoms. The number of benzene rings is 1. The fourth-order valence-electron chi connectivity index (χ4n) is 1.63. The van der Waals surface area contributed by atoms with Crippen LogP contribution in [0.25, 0.3) is 0 Å². The number of aromatic nitrogens is 1. The second-order valence-electron chi connectivity index (χ2n) is 4.12. The molecule has 0 spiro atoms. The summed E-state index contributed by atoms with van der Waals surface area (Å²) in [4.78, 5) is 4.35. The standard InChI is InChI=1S/C13H15ClN2OS/c1-8(15)12-5-10(14)3-4-13(12)17-6-11-7-18-9(2)16-11/h3-5,7-8H,6,15H2,1-2H3. The van der Waals surface area contributed by atoms with Crippen molar-refractivity contribution in [3.05, 3.63) is 44.9 Å². The highest BCUT2D eigenvalue weighted by atomic mass is 35.5. The minimum absolute atomic E-state index is 0.115. The van der Waals surface area contributed by atoms with E-state index in [9.17, 15) is 0 Å². The average Bonchev–Trinajstić information content (AvgIpc) is 2.73. The SMILES string of the molecule is Cc1nc(COc2ccc(Cl)cc2C(C)N)cs1. The quantitative estimate of drug-likeness (QED) is 0.930. The predicted molar refractivity (Wildman–Crippen MR) is 75.2 cm³/mol. The van der Waals surface area contributed by atoms with Gasteiger partial charge in [-0.05, 0) is 32.0 Å². The molecular formula is C13H15ClN2OS. The first-order chi connectivity index (χ1) is 8.56. The lowest BCUT2D eigenvalue weighted by Crippen LogP contribution is -2.08. The van der Waals surface area contributed by atoms with Crippen molar-refractivity contribution in [2.24, 2.45) is 5.73 Å². The summed E-state index contributed by atoms with van der Waals surface area (Å²) in [5.41, 5.74) is 7.75. The van der Waals surface area contributed by atoms with Gasteiger partial charge in [0.05, 0.1) is 10.7 Å². The molecular weight excluding hydrogens is 268 g/mol. The van der Waals surface area contributed by atoms with Crippen LogP contribution in [0.2, 0.25) is 5.02 Å². The zero-order chi connectivity index (χ0) is 13.1. The number of halogens is 1. The van der Waals surface area contributed by atoms with Gasteiger partial charge >= 0.3 is 0 Å². The van der Waals surface area contributed by atoms with Crippen LogP contribution < -0.4 is 10.5 Å². The van der Waals surface area contributed by atoms with Crippen LogP contribution in [0.3, 0.4) is 0 Å². The topological polar surface area (TPSA) is 48.1 Å². The molecule has 1 unspecified atom stereocenters. The third-order valence-electron chi connectivity index (χ3n) is 2.50. The number of nitrogens with two attached hydrogens (primary N) is 1. The molecule has 0 bridgehead atoms. The Morgan fingerprint density at radius 1 is 1.50 bits per heavy atom. The molecule has 1 atom stereocenters. The molecule has 0 fully saturated rings. The first-order valence-corrected chi connectivity index (χ1v) is 6.91. The first-order valence-electron chi connectivity index (χ1n) is 5.65. The van der Waals surface area contributed by atoms with E-state index in [1.165, 1.54) is 0 Å². The molecule has 0 saturated carbocycles. The summed E-state index contributed by atoms with van der Waals surface area (Å²) in [5.74, 6) is 0.764.